The number of benzene rings is 1. The lowest BCUT2D eigenvalue weighted by Gasteiger charge is -2.02. The van der Waals surface area contributed by atoms with E-state index in [9.17, 15) is 9.35 Å². The number of rotatable bonds is 2. The van der Waals surface area contributed by atoms with Gasteiger partial charge in [0.25, 0.3) is 0 Å². The highest BCUT2D eigenvalue weighted by atomic mass is 35.7. The van der Waals surface area contributed by atoms with Gasteiger partial charge in [-0.1, -0.05) is 0 Å². The highest BCUT2D eigenvalue weighted by molar-refractivity contribution is 8.13. The Morgan fingerprint density at radius 2 is 2.00 bits per heavy atom. The lowest BCUT2D eigenvalue weighted by molar-refractivity contribution is -0.114. The molecule has 0 bridgehead atoms. The van der Waals surface area contributed by atoms with Crippen molar-refractivity contribution in [2.45, 2.75) is 11.8 Å². The van der Waals surface area contributed by atoms with Gasteiger partial charge in [0.2, 0.25) is 5.91 Å². The standard InChI is InChI=1S/C8H8ClNO2S/c1-6(11)10-7-2-4-8(5-3-7)13(9)12/h2-5H,1H3,(H,10,11). The summed E-state index contributed by atoms with van der Waals surface area (Å²) in [5.41, 5.74) is 0.665. The number of carbonyl (C=O) groups excluding carboxylic acids is 1. The minimum atomic E-state index is -1.49. The monoisotopic (exact) mass is 217 g/mol. The van der Waals surface area contributed by atoms with Crippen LogP contribution < -0.4 is 5.32 Å². The van der Waals surface area contributed by atoms with Crippen molar-refractivity contribution >= 4 is 32.7 Å². The lowest BCUT2D eigenvalue weighted by atomic mass is 10.3. The maximum absolute atomic E-state index is 10.8. The second-order valence-electron chi connectivity index (χ2n) is 2.43. The van der Waals surface area contributed by atoms with Gasteiger partial charge < -0.3 is 9.87 Å². The van der Waals surface area contributed by atoms with Crippen molar-refractivity contribution in [2.24, 2.45) is 0 Å². The second-order valence-corrected chi connectivity index (χ2v) is 4.19. The van der Waals surface area contributed by atoms with Crippen molar-refractivity contribution in [1.29, 1.82) is 0 Å². The summed E-state index contributed by atoms with van der Waals surface area (Å²) >= 11 is 0. The van der Waals surface area contributed by atoms with Gasteiger partial charge in [0.1, 0.15) is 10.4 Å². The van der Waals surface area contributed by atoms with Gasteiger partial charge in [-0.15, -0.1) is 0 Å². The lowest BCUT2D eigenvalue weighted by Crippen LogP contribution is -2.05. The number of halogens is 1. The molecule has 1 rings (SSSR count). The Morgan fingerprint density at radius 3 is 2.38 bits per heavy atom. The Labute approximate surface area is 83.8 Å². The van der Waals surface area contributed by atoms with Crippen LogP contribution in [0.3, 0.4) is 0 Å². The molecule has 0 heterocycles. The van der Waals surface area contributed by atoms with Crippen LogP contribution in [0.5, 0.6) is 0 Å². The van der Waals surface area contributed by atoms with E-state index < -0.39 is 10.4 Å². The van der Waals surface area contributed by atoms with E-state index >= 15 is 0 Å². The molecule has 1 atom stereocenters. The smallest absolute Gasteiger partial charge is 0.221 e. The Bertz CT molecular complexity index is 300. The maximum Gasteiger partial charge on any atom is 0.221 e. The molecule has 0 aliphatic carbocycles. The Morgan fingerprint density at radius 1 is 1.46 bits per heavy atom. The van der Waals surface area contributed by atoms with Crippen LogP contribution in [-0.4, -0.2) is 10.5 Å². The molecule has 0 saturated carbocycles. The van der Waals surface area contributed by atoms with Crippen LogP contribution in [-0.2, 0) is 15.2 Å². The summed E-state index contributed by atoms with van der Waals surface area (Å²) in [5.74, 6) is -0.139. The minimum Gasteiger partial charge on any atom is -0.594 e. The largest absolute Gasteiger partial charge is 0.594 e. The van der Waals surface area contributed by atoms with Crippen LogP contribution in [0.4, 0.5) is 5.69 Å². The molecule has 0 spiro atoms. The predicted molar refractivity (Wildman–Crippen MR) is 53.0 cm³/mol. The first kappa shape index (κ1) is 10.4. The molecule has 0 saturated heterocycles. The van der Waals surface area contributed by atoms with Crippen molar-refractivity contribution in [1.82, 2.24) is 0 Å². The second kappa shape index (κ2) is 4.50. The first-order valence-electron chi connectivity index (χ1n) is 3.55. The van der Waals surface area contributed by atoms with E-state index in [1.165, 1.54) is 6.92 Å². The van der Waals surface area contributed by atoms with Crippen molar-refractivity contribution < 1.29 is 9.35 Å². The number of hydrogen-bond donors (Lipinski definition) is 1. The van der Waals surface area contributed by atoms with Crippen LogP contribution in [0, 0.1) is 0 Å². The number of amides is 1. The van der Waals surface area contributed by atoms with E-state index in [0.29, 0.717) is 10.6 Å². The summed E-state index contributed by atoms with van der Waals surface area (Å²) < 4.78 is 10.8. The van der Waals surface area contributed by atoms with E-state index in [1.807, 2.05) is 0 Å². The summed E-state index contributed by atoms with van der Waals surface area (Å²) in [6.45, 7) is 1.42. The zero-order valence-corrected chi connectivity index (χ0v) is 8.48. The SMILES string of the molecule is CC(=O)Nc1ccc([S+]([O-])Cl)cc1. The average molecular weight is 218 g/mol. The molecule has 1 N–H and O–H groups in total. The van der Waals surface area contributed by atoms with Crippen LogP contribution in [0.25, 0.3) is 0 Å². The van der Waals surface area contributed by atoms with Crippen molar-refractivity contribution in [3.8, 4) is 0 Å². The van der Waals surface area contributed by atoms with E-state index in [-0.39, 0.29) is 5.91 Å². The highest BCUT2D eigenvalue weighted by Gasteiger charge is 2.06. The number of carbonyl (C=O) groups is 1. The van der Waals surface area contributed by atoms with Crippen molar-refractivity contribution in [3.63, 3.8) is 0 Å². The fraction of sp³-hybridized carbons (Fsp3) is 0.125. The zero-order chi connectivity index (χ0) is 9.84. The molecule has 1 unspecified atom stereocenters. The molecular formula is C8H8ClNO2S. The van der Waals surface area contributed by atoms with Gasteiger partial charge in [0.15, 0.2) is 15.6 Å². The molecule has 0 aliphatic heterocycles. The fourth-order valence-corrected chi connectivity index (χ4v) is 1.51. The molecule has 13 heavy (non-hydrogen) atoms. The first-order valence-corrected chi connectivity index (χ1v) is 5.53. The highest BCUT2D eigenvalue weighted by Crippen LogP contribution is 2.17. The third-order valence-corrected chi connectivity index (χ3v) is 2.54. The molecule has 1 aromatic carbocycles. The first-order chi connectivity index (χ1) is 6.09. The molecule has 0 aliphatic rings. The average Bonchev–Trinajstić information content (AvgIpc) is 2.04. The van der Waals surface area contributed by atoms with Crippen molar-refractivity contribution in [2.75, 3.05) is 5.32 Å². The molecule has 70 valence electrons. The van der Waals surface area contributed by atoms with Gasteiger partial charge in [-0.05, 0) is 24.3 Å². The van der Waals surface area contributed by atoms with Gasteiger partial charge in [-0.2, -0.15) is 0 Å². The Kier molecular flexibility index (Phi) is 3.59. The third-order valence-electron chi connectivity index (χ3n) is 1.36. The fourth-order valence-electron chi connectivity index (χ4n) is 0.849. The van der Waals surface area contributed by atoms with E-state index in [4.69, 9.17) is 10.7 Å². The molecule has 1 amide bonds. The third kappa shape index (κ3) is 3.26. The van der Waals surface area contributed by atoms with E-state index in [2.05, 4.69) is 5.32 Å². The summed E-state index contributed by atoms with van der Waals surface area (Å²) in [6, 6.07) is 6.51. The van der Waals surface area contributed by atoms with Crippen LogP contribution in [0.1, 0.15) is 6.92 Å². The molecule has 0 aromatic heterocycles. The number of hydrogen-bond acceptors (Lipinski definition) is 2. The van der Waals surface area contributed by atoms with Gasteiger partial charge >= 0.3 is 0 Å². The molecule has 3 nitrogen and oxygen atoms in total. The number of anilines is 1. The van der Waals surface area contributed by atoms with E-state index in [1.54, 1.807) is 24.3 Å². The Hall–Kier alpha value is -0.710. The van der Waals surface area contributed by atoms with Gasteiger partial charge in [-0.25, -0.2) is 0 Å². The summed E-state index contributed by atoms with van der Waals surface area (Å²) in [6.07, 6.45) is 0. The predicted octanol–water partition coefficient (Wildman–Crippen LogP) is 1.91. The molecular weight excluding hydrogens is 210 g/mol. The quantitative estimate of drug-likeness (QED) is 0.770. The Balaban J connectivity index is 2.75. The van der Waals surface area contributed by atoms with Crippen LogP contribution in [0.2, 0.25) is 0 Å². The van der Waals surface area contributed by atoms with Crippen LogP contribution in [0.15, 0.2) is 29.2 Å². The topological polar surface area (TPSA) is 52.2 Å². The van der Waals surface area contributed by atoms with Crippen molar-refractivity contribution in [3.05, 3.63) is 24.3 Å². The summed E-state index contributed by atoms with van der Waals surface area (Å²) in [7, 11) is 3.86. The normalized spacial score (nSPS) is 12.2. The van der Waals surface area contributed by atoms with Gasteiger partial charge in [0, 0.05) is 12.6 Å². The molecule has 5 heteroatoms. The summed E-state index contributed by atoms with van der Waals surface area (Å²) in [4.78, 5) is 11.2. The minimum absolute atomic E-state index is 0.139. The van der Waals surface area contributed by atoms with E-state index in [0.717, 1.165) is 0 Å². The maximum atomic E-state index is 10.8. The zero-order valence-electron chi connectivity index (χ0n) is 6.91. The van der Waals surface area contributed by atoms with Gasteiger partial charge in [-0.3, -0.25) is 4.79 Å². The number of nitrogens with one attached hydrogen (secondary N) is 1. The van der Waals surface area contributed by atoms with Crippen LogP contribution >= 0.6 is 10.7 Å². The molecule has 0 radical (unpaired) electrons. The summed E-state index contributed by atoms with van der Waals surface area (Å²) in [5, 5.41) is 2.59. The molecule has 0 fully saturated rings. The van der Waals surface area contributed by atoms with Gasteiger partial charge in [0.05, 0.1) is 0 Å². The molecule has 1 aromatic rings.